The summed E-state index contributed by atoms with van der Waals surface area (Å²) >= 11 is 3.50. The number of ketones is 1. The highest BCUT2D eigenvalue weighted by Crippen LogP contribution is 2.50. The number of Topliss-reactive ketones (excluding diaryl/α,β-unsaturated/α-hetero) is 1. The van der Waals surface area contributed by atoms with E-state index in [9.17, 15) is 9.59 Å². The van der Waals surface area contributed by atoms with E-state index in [0.717, 1.165) is 6.42 Å². The molecule has 0 aromatic rings. The van der Waals surface area contributed by atoms with E-state index in [-0.39, 0.29) is 29.5 Å². The normalized spacial score (nSPS) is 42.5. The second kappa shape index (κ2) is 3.08. The first-order chi connectivity index (χ1) is 6.15. The Kier molecular flexibility index (Phi) is 2.18. The Morgan fingerprint density at radius 2 is 2.31 bits per heavy atom. The molecule has 13 heavy (non-hydrogen) atoms. The van der Waals surface area contributed by atoms with Crippen LogP contribution in [0.25, 0.3) is 0 Å². The molecule has 2 fully saturated rings. The van der Waals surface area contributed by atoms with Crippen LogP contribution in [0.1, 0.15) is 12.8 Å². The number of ether oxygens (including phenoxy) is 1. The monoisotopic (exact) mass is 246 g/mol. The van der Waals surface area contributed by atoms with Gasteiger partial charge in [-0.1, -0.05) is 15.9 Å². The van der Waals surface area contributed by atoms with Crippen LogP contribution in [-0.4, -0.2) is 23.7 Å². The minimum atomic E-state index is -0.220. The second-order valence-corrected chi connectivity index (χ2v) is 4.92. The molecule has 0 radical (unpaired) electrons. The number of hydrogen-bond donors (Lipinski definition) is 0. The largest absolute Gasteiger partial charge is 0.469 e. The molecule has 0 saturated heterocycles. The maximum Gasteiger partial charge on any atom is 0.309 e. The number of fused-ring (bicyclic) bond motifs is 2. The maximum absolute atomic E-state index is 11.4. The zero-order valence-corrected chi connectivity index (χ0v) is 8.91. The van der Waals surface area contributed by atoms with E-state index < -0.39 is 0 Å². The minimum absolute atomic E-state index is 0.0816. The molecule has 2 rings (SSSR count). The summed E-state index contributed by atoms with van der Waals surface area (Å²) < 4.78 is 4.70. The van der Waals surface area contributed by atoms with Gasteiger partial charge in [-0.15, -0.1) is 0 Å². The summed E-state index contributed by atoms with van der Waals surface area (Å²) in [6.45, 7) is 0. The SMILES string of the molecule is COC(=O)[C@H]1[C@H]2CC(=O)[C@@H]1C[C@H]2Br. The van der Waals surface area contributed by atoms with Crippen LogP contribution in [0.5, 0.6) is 0 Å². The summed E-state index contributed by atoms with van der Waals surface area (Å²) in [6, 6.07) is 0. The molecule has 2 bridgehead atoms. The van der Waals surface area contributed by atoms with Crippen molar-refractivity contribution in [2.24, 2.45) is 17.8 Å². The second-order valence-electron chi connectivity index (χ2n) is 3.74. The Balaban J connectivity index is 2.22. The summed E-state index contributed by atoms with van der Waals surface area (Å²) in [6.07, 6.45) is 1.34. The first-order valence-electron chi connectivity index (χ1n) is 4.39. The zero-order chi connectivity index (χ0) is 9.59. The van der Waals surface area contributed by atoms with Gasteiger partial charge in [0, 0.05) is 17.2 Å². The Morgan fingerprint density at radius 3 is 2.77 bits per heavy atom. The molecule has 2 saturated carbocycles. The highest BCUT2D eigenvalue weighted by molar-refractivity contribution is 9.09. The number of methoxy groups -OCH3 is 1. The predicted molar refractivity (Wildman–Crippen MR) is 49.4 cm³/mol. The Bertz CT molecular complexity index is 264. The molecular weight excluding hydrogens is 236 g/mol. The highest BCUT2D eigenvalue weighted by atomic mass is 79.9. The van der Waals surface area contributed by atoms with Gasteiger partial charge in [-0.3, -0.25) is 9.59 Å². The molecule has 3 nitrogen and oxygen atoms in total. The van der Waals surface area contributed by atoms with Crippen molar-refractivity contribution in [1.82, 2.24) is 0 Å². The Labute approximate surface area is 85.0 Å². The standard InChI is InChI=1S/C9H11BrO3/c1-13-9(12)8-4-3-7(11)5(8)2-6(4)10/h4-6,8H,2-3H2,1H3/t4-,5-,6+,8-/m0/s1. The molecule has 2 aliphatic rings. The van der Waals surface area contributed by atoms with Gasteiger partial charge in [0.05, 0.1) is 13.0 Å². The number of alkyl halides is 1. The first kappa shape index (κ1) is 9.19. The fraction of sp³-hybridized carbons (Fsp3) is 0.778. The lowest BCUT2D eigenvalue weighted by molar-refractivity contribution is -0.147. The maximum atomic E-state index is 11.4. The molecule has 4 heteroatoms. The van der Waals surface area contributed by atoms with Crippen molar-refractivity contribution in [1.29, 1.82) is 0 Å². The van der Waals surface area contributed by atoms with Gasteiger partial charge in [-0.2, -0.15) is 0 Å². The molecule has 2 aliphatic carbocycles. The summed E-state index contributed by atoms with van der Waals surface area (Å²) in [5.41, 5.74) is 0. The van der Waals surface area contributed by atoms with Crippen LogP contribution in [0.3, 0.4) is 0 Å². The van der Waals surface area contributed by atoms with Gasteiger partial charge in [0.1, 0.15) is 5.78 Å². The van der Waals surface area contributed by atoms with E-state index in [2.05, 4.69) is 15.9 Å². The minimum Gasteiger partial charge on any atom is -0.469 e. The molecule has 0 spiro atoms. The molecule has 4 atom stereocenters. The fourth-order valence-electron chi connectivity index (χ4n) is 2.53. The van der Waals surface area contributed by atoms with Gasteiger partial charge in [-0.05, 0) is 12.3 Å². The predicted octanol–water partition coefficient (Wildman–Crippen LogP) is 1.15. The lowest BCUT2D eigenvalue weighted by Crippen LogP contribution is -2.22. The van der Waals surface area contributed by atoms with Crippen LogP contribution >= 0.6 is 15.9 Å². The quantitative estimate of drug-likeness (QED) is 0.515. The molecule has 0 aromatic heterocycles. The van der Waals surface area contributed by atoms with Crippen molar-refractivity contribution in [3.63, 3.8) is 0 Å². The number of halogens is 1. The fourth-order valence-corrected chi connectivity index (χ4v) is 3.45. The Morgan fingerprint density at radius 1 is 1.62 bits per heavy atom. The third kappa shape index (κ3) is 1.23. The van der Waals surface area contributed by atoms with Crippen molar-refractivity contribution in [2.75, 3.05) is 7.11 Å². The number of carbonyl (C=O) groups is 2. The van der Waals surface area contributed by atoms with E-state index in [1.165, 1.54) is 7.11 Å². The van der Waals surface area contributed by atoms with E-state index in [0.29, 0.717) is 11.2 Å². The molecule has 0 heterocycles. The molecule has 0 amide bonds. The third-order valence-electron chi connectivity index (χ3n) is 3.16. The van der Waals surface area contributed by atoms with Gasteiger partial charge in [0.15, 0.2) is 0 Å². The number of carbonyl (C=O) groups excluding carboxylic acids is 2. The topological polar surface area (TPSA) is 43.4 Å². The van der Waals surface area contributed by atoms with Crippen LogP contribution in [0, 0.1) is 17.8 Å². The van der Waals surface area contributed by atoms with Gasteiger partial charge in [-0.25, -0.2) is 0 Å². The van der Waals surface area contributed by atoms with Crippen LogP contribution in [0.2, 0.25) is 0 Å². The van der Waals surface area contributed by atoms with Crippen molar-refractivity contribution in [2.45, 2.75) is 17.7 Å². The molecular formula is C9H11BrO3. The molecule has 0 aromatic carbocycles. The van der Waals surface area contributed by atoms with E-state index in [1.807, 2.05) is 0 Å². The van der Waals surface area contributed by atoms with Crippen LogP contribution in [0.15, 0.2) is 0 Å². The van der Waals surface area contributed by atoms with Gasteiger partial charge < -0.3 is 4.74 Å². The van der Waals surface area contributed by atoms with Gasteiger partial charge in [0.25, 0.3) is 0 Å². The van der Waals surface area contributed by atoms with Crippen molar-refractivity contribution >= 4 is 27.7 Å². The first-order valence-corrected chi connectivity index (χ1v) is 5.31. The lowest BCUT2D eigenvalue weighted by atomic mass is 9.98. The smallest absolute Gasteiger partial charge is 0.309 e. The van der Waals surface area contributed by atoms with Crippen molar-refractivity contribution in [3.05, 3.63) is 0 Å². The average Bonchev–Trinajstić information content (AvgIpc) is 2.57. The summed E-state index contributed by atoms with van der Waals surface area (Å²) in [5, 5.41) is 0. The van der Waals surface area contributed by atoms with Gasteiger partial charge >= 0.3 is 5.97 Å². The van der Waals surface area contributed by atoms with E-state index in [1.54, 1.807) is 0 Å². The van der Waals surface area contributed by atoms with E-state index >= 15 is 0 Å². The van der Waals surface area contributed by atoms with E-state index in [4.69, 9.17) is 4.74 Å². The zero-order valence-electron chi connectivity index (χ0n) is 7.33. The number of rotatable bonds is 1. The average molecular weight is 247 g/mol. The molecule has 0 unspecified atom stereocenters. The molecule has 72 valence electrons. The third-order valence-corrected chi connectivity index (χ3v) is 4.22. The molecule has 0 N–H and O–H groups in total. The van der Waals surface area contributed by atoms with Crippen LogP contribution in [-0.2, 0) is 14.3 Å². The lowest BCUT2D eigenvalue weighted by Gasteiger charge is -2.13. The highest BCUT2D eigenvalue weighted by Gasteiger charge is 2.55. The van der Waals surface area contributed by atoms with Crippen molar-refractivity contribution < 1.29 is 14.3 Å². The summed E-state index contributed by atoms with van der Waals surface area (Å²) in [7, 11) is 1.38. The number of hydrogen-bond acceptors (Lipinski definition) is 3. The Hall–Kier alpha value is -0.380. The summed E-state index contributed by atoms with van der Waals surface area (Å²) in [5.74, 6) is -0.0763. The van der Waals surface area contributed by atoms with Crippen LogP contribution in [0.4, 0.5) is 0 Å². The number of esters is 1. The van der Waals surface area contributed by atoms with Crippen LogP contribution < -0.4 is 0 Å². The van der Waals surface area contributed by atoms with Crippen molar-refractivity contribution in [3.8, 4) is 0 Å². The van der Waals surface area contributed by atoms with Gasteiger partial charge in [0.2, 0.25) is 0 Å². The summed E-state index contributed by atoms with van der Waals surface area (Å²) in [4.78, 5) is 23.1. The molecule has 0 aliphatic heterocycles.